The van der Waals surface area contributed by atoms with Crippen LogP contribution in [0.15, 0.2) is 18.2 Å². The average molecular weight is 265 g/mol. The van der Waals surface area contributed by atoms with Gasteiger partial charge in [-0.05, 0) is 25.0 Å². The summed E-state index contributed by atoms with van der Waals surface area (Å²) >= 11 is 6.03. The summed E-state index contributed by atoms with van der Waals surface area (Å²) in [6.07, 6.45) is 1.13. The second kappa shape index (κ2) is 4.90. The Labute approximate surface area is 112 Å². The SMILES string of the molecule is Cc1cccc2nc(CCl)n(CC3CCOC3)c12. The number of nitrogens with zero attached hydrogens (tertiary/aromatic N) is 2. The molecule has 1 aliphatic rings. The average Bonchev–Trinajstić information content (AvgIpc) is 2.98. The molecule has 0 amide bonds. The number of rotatable bonds is 3. The van der Waals surface area contributed by atoms with E-state index in [1.54, 1.807) is 0 Å². The normalized spacial score (nSPS) is 19.8. The van der Waals surface area contributed by atoms with Gasteiger partial charge in [0, 0.05) is 19.1 Å². The summed E-state index contributed by atoms with van der Waals surface area (Å²) in [5.41, 5.74) is 3.53. The molecule has 0 aliphatic carbocycles. The van der Waals surface area contributed by atoms with E-state index in [9.17, 15) is 0 Å². The van der Waals surface area contributed by atoms with Crippen LogP contribution in [0.2, 0.25) is 0 Å². The van der Waals surface area contributed by atoms with Crippen LogP contribution >= 0.6 is 11.6 Å². The second-order valence-electron chi connectivity index (χ2n) is 4.94. The molecule has 0 spiro atoms. The van der Waals surface area contributed by atoms with E-state index in [4.69, 9.17) is 16.3 Å². The standard InChI is InChI=1S/C14H17ClN2O/c1-10-3-2-4-12-14(10)17(13(7-15)16-12)8-11-5-6-18-9-11/h2-4,11H,5-9H2,1H3. The number of imidazole rings is 1. The first-order valence-electron chi connectivity index (χ1n) is 6.38. The molecule has 1 unspecified atom stereocenters. The fraction of sp³-hybridized carbons (Fsp3) is 0.500. The lowest BCUT2D eigenvalue weighted by Crippen LogP contribution is -2.13. The molecular weight excluding hydrogens is 248 g/mol. The summed E-state index contributed by atoms with van der Waals surface area (Å²) in [5.74, 6) is 2.01. The molecular formula is C14H17ClN2O. The van der Waals surface area contributed by atoms with Crippen molar-refractivity contribution in [1.29, 1.82) is 0 Å². The molecule has 0 N–H and O–H groups in total. The third kappa shape index (κ3) is 2.02. The van der Waals surface area contributed by atoms with Gasteiger partial charge in [0.05, 0.1) is 23.5 Å². The van der Waals surface area contributed by atoms with Gasteiger partial charge in [-0.3, -0.25) is 0 Å². The maximum atomic E-state index is 6.03. The van der Waals surface area contributed by atoms with Gasteiger partial charge in [-0.2, -0.15) is 0 Å². The minimum atomic E-state index is 0.460. The van der Waals surface area contributed by atoms with E-state index in [-0.39, 0.29) is 0 Å². The molecule has 1 aromatic heterocycles. The van der Waals surface area contributed by atoms with Gasteiger partial charge in [0.15, 0.2) is 0 Å². The summed E-state index contributed by atoms with van der Waals surface area (Å²) in [7, 11) is 0. The second-order valence-corrected chi connectivity index (χ2v) is 5.21. The maximum absolute atomic E-state index is 6.03. The summed E-state index contributed by atoms with van der Waals surface area (Å²) < 4.78 is 7.73. The van der Waals surface area contributed by atoms with E-state index in [1.165, 1.54) is 11.1 Å². The van der Waals surface area contributed by atoms with E-state index in [0.717, 1.165) is 37.5 Å². The first kappa shape index (κ1) is 12.0. The van der Waals surface area contributed by atoms with E-state index >= 15 is 0 Å². The summed E-state index contributed by atoms with van der Waals surface area (Å²) in [5, 5.41) is 0. The first-order valence-corrected chi connectivity index (χ1v) is 6.91. The Morgan fingerprint density at radius 1 is 1.50 bits per heavy atom. The smallest absolute Gasteiger partial charge is 0.124 e. The highest BCUT2D eigenvalue weighted by atomic mass is 35.5. The van der Waals surface area contributed by atoms with Crippen LogP contribution in [0.4, 0.5) is 0 Å². The molecule has 3 nitrogen and oxygen atoms in total. The molecule has 18 heavy (non-hydrogen) atoms. The number of aryl methyl sites for hydroxylation is 1. The molecule has 96 valence electrons. The Bertz CT molecular complexity index is 558. The van der Waals surface area contributed by atoms with Gasteiger partial charge in [-0.15, -0.1) is 11.6 Å². The molecule has 1 aromatic carbocycles. The third-order valence-electron chi connectivity index (χ3n) is 3.63. The molecule has 0 bridgehead atoms. The summed E-state index contributed by atoms with van der Waals surface area (Å²) in [6, 6.07) is 6.23. The van der Waals surface area contributed by atoms with Crippen LogP contribution in [-0.4, -0.2) is 22.8 Å². The number of ether oxygens (including phenoxy) is 1. The van der Waals surface area contributed by atoms with Crippen LogP contribution in [0.25, 0.3) is 11.0 Å². The lowest BCUT2D eigenvalue weighted by atomic mass is 10.1. The van der Waals surface area contributed by atoms with Crippen molar-refractivity contribution < 1.29 is 4.74 Å². The van der Waals surface area contributed by atoms with Crippen molar-refractivity contribution in [3.63, 3.8) is 0 Å². The number of alkyl halides is 1. The van der Waals surface area contributed by atoms with Crippen LogP contribution in [0.3, 0.4) is 0 Å². The van der Waals surface area contributed by atoms with Gasteiger partial charge in [0.1, 0.15) is 5.82 Å². The minimum Gasteiger partial charge on any atom is -0.381 e. The highest BCUT2D eigenvalue weighted by molar-refractivity contribution is 6.16. The fourth-order valence-corrected chi connectivity index (χ4v) is 2.90. The van der Waals surface area contributed by atoms with Gasteiger partial charge in [-0.25, -0.2) is 4.98 Å². The van der Waals surface area contributed by atoms with E-state index in [2.05, 4.69) is 28.6 Å². The number of hydrogen-bond acceptors (Lipinski definition) is 2. The van der Waals surface area contributed by atoms with Crippen LogP contribution < -0.4 is 0 Å². The Morgan fingerprint density at radius 2 is 2.39 bits per heavy atom. The monoisotopic (exact) mass is 264 g/mol. The molecule has 2 heterocycles. The molecule has 1 atom stereocenters. The van der Waals surface area contributed by atoms with Gasteiger partial charge in [0.25, 0.3) is 0 Å². The molecule has 3 rings (SSSR count). The molecule has 2 aromatic rings. The fourth-order valence-electron chi connectivity index (χ4n) is 2.70. The van der Waals surface area contributed by atoms with Crippen molar-refractivity contribution >= 4 is 22.6 Å². The Balaban J connectivity index is 2.06. The quantitative estimate of drug-likeness (QED) is 0.797. The van der Waals surface area contributed by atoms with Crippen molar-refractivity contribution in [2.45, 2.75) is 25.8 Å². The predicted molar refractivity (Wildman–Crippen MR) is 73.0 cm³/mol. The summed E-state index contributed by atoms with van der Waals surface area (Å²) in [4.78, 5) is 4.62. The zero-order valence-electron chi connectivity index (χ0n) is 10.5. The maximum Gasteiger partial charge on any atom is 0.124 e. The topological polar surface area (TPSA) is 27.1 Å². The lowest BCUT2D eigenvalue weighted by molar-refractivity contribution is 0.182. The van der Waals surface area contributed by atoms with Crippen molar-refractivity contribution in [1.82, 2.24) is 9.55 Å². The van der Waals surface area contributed by atoms with Crippen LogP contribution in [-0.2, 0) is 17.2 Å². The van der Waals surface area contributed by atoms with Crippen molar-refractivity contribution in [2.75, 3.05) is 13.2 Å². The van der Waals surface area contributed by atoms with Gasteiger partial charge >= 0.3 is 0 Å². The lowest BCUT2D eigenvalue weighted by Gasteiger charge is -2.13. The molecule has 0 saturated carbocycles. The number of halogens is 1. The summed E-state index contributed by atoms with van der Waals surface area (Å²) in [6.45, 7) is 4.83. The van der Waals surface area contributed by atoms with E-state index in [0.29, 0.717) is 11.8 Å². The molecule has 1 saturated heterocycles. The third-order valence-corrected chi connectivity index (χ3v) is 3.87. The highest BCUT2D eigenvalue weighted by Crippen LogP contribution is 2.24. The Morgan fingerprint density at radius 3 is 3.11 bits per heavy atom. The Kier molecular flexibility index (Phi) is 3.27. The van der Waals surface area contributed by atoms with Crippen LogP contribution in [0.1, 0.15) is 17.8 Å². The van der Waals surface area contributed by atoms with Crippen molar-refractivity contribution in [3.05, 3.63) is 29.6 Å². The zero-order chi connectivity index (χ0) is 12.5. The predicted octanol–water partition coefficient (Wildman–Crippen LogP) is 3.12. The molecule has 4 heteroatoms. The Hall–Kier alpha value is -1.06. The number of aromatic nitrogens is 2. The van der Waals surface area contributed by atoms with E-state index in [1.807, 2.05) is 6.07 Å². The van der Waals surface area contributed by atoms with Gasteiger partial charge < -0.3 is 9.30 Å². The van der Waals surface area contributed by atoms with Gasteiger partial charge in [0.2, 0.25) is 0 Å². The number of fused-ring (bicyclic) bond motifs is 1. The van der Waals surface area contributed by atoms with Crippen LogP contribution in [0.5, 0.6) is 0 Å². The highest BCUT2D eigenvalue weighted by Gasteiger charge is 2.20. The molecule has 1 fully saturated rings. The van der Waals surface area contributed by atoms with Crippen molar-refractivity contribution in [3.8, 4) is 0 Å². The molecule has 1 aliphatic heterocycles. The van der Waals surface area contributed by atoms with Crippen LogP contribution in [0, 0.1) is 12.8 Å². The van der Waals surface area contributed by atoms with E-state index < -0.39 is 0 Å². The number of para-hydroxylation sites is 1. The number of benzene rings is 1. The zero-order valence-corrected chi connectivity index (χ0v) is 11.3. The number of hydrogen-bond donors (Lipinski definition) is 0. The van der Waals surface area contributed by atoms with Gasteiger partial charge in [-0.1, -0.05) is 12.1 Å². The van der Waals surface area contributed by atoms with Crippen molar-refractivity contribution in [2.24, 2.45) is 5.92 Å². The largest absolute Gasteiger partial charge is 0.381 e. The molecule has 0 radical (unpaired) electrons. The minimum absolute atomic E-state index is 0.460. The first-order chi connectivity index (χ1) is 8.79.